The Bertz CT molecular complexity index is 882. The van der Waals surface area contributed by atoms with E-state index in [0.717, 1.165) is 28.0 Å². The lowest BCUT2D eigenvalue weighted by atomic mass is 10.2. The van der Waals surface area contributed by atoms with Gasteiger partial charge in [0.2, 0.25) is 5.91 Å². The number of carbonyl (C=O) groups excluding carboxylic acids is 1. The average Bonchev–Trinajstić information content (AvgIpc) is 3.01. The molecule has 1 N–H and O–H groups in total. The number of amides is 1. The Hall–Kier alpha value is -1.63. The van der Waals surface area contributed by atoms with Crippen molar-refractivity contribution in [1.29, 1.82) is 0 Å². The number of thiazole rings is 1. The highest BCUT2D eigenvalue weighted by molar-refractivity contribution is 9.10. The minimum Gasteiger partial charge on any atom is -0.489 e. The van der Waals surface area contributed by atoms with Crippen molar-refractivity contribution >= 4 is 60.1 Å². The minimum atomic E-state index is -0.210. The molecule has 0 unspecified atom stereocenters. The van der Waals surface area contributed by atoms with Crippen molar-refractivity contribution in [3.63, 3.8) is 0 Å². The fraction of sp³-hybridized carbons (Fsp3) is 0.222. The first kappa shape index (κ1) is 18.2. The van der Waals surface area contributed by atoms with Crippen LogP contribution in [0.15, 0.2) is 42.5 Å². The van der Waals surface area contributed by atoms with E-state index in [2.05, 4.69) is 26.2 Å². The Kier molecular flexibility index (Phi) is 5.93. The SMILES string of the molecule is CC[C@H](Br)C(=O)Nc1nc2ccc(OCc3ccc(Cl)cc3)cc2s1. The third kappa shape index (κ3) is 4.71. The number of hydrogen-bond acceptors (Lipinski definition) is 4. The molecule has 1 aromatic heterocycles. The molecule has 4 nitrogen and oxygen atoms in total. The molecular weight excluding hydrogens is 424 g/mol. The van der Waals surface area contributed by atoms with E-state index < -0.39 is 0 Å². The first-order valence-electron chi connectivity index (χ1n) is 7.78. The van der Waals surface area contributed by atoms with Crippen molar-refractivity contribution in [2.24, 2.45) is 0 Å². The van der Waals surface area contributed by atoms with Crippen molar-refractivity contribution in [3.05, 3.63) is 53.1 Å². The summed E-state index contributed by atoms with van der Waals surface area (Å²) in [5, 5.41) is 4.13. The number of benzene rings is 2. The molecule has 130 valence electrons. The maximum absolute atomic E-state index is 11.9. The van der Waals surface area contributed by atoms with Gasteiger partial charge in [-0.05, 0) is 42.3 Å². The van der Waals surface area contributed by atoms with Crippen LogP contribution in [0.3, 0.4) is 0 Å². The second-order valence-electron chi connectivity index (χ2n) is 5.43. The van der Waals surface area contributed by atoms with Crippen LogP contribution < -0.4 is 10.1 Å². The van der Waals surface area contributed by atoms with Crippen LogP contribution in [0.5, 0.6) is 5.75 Å². The smallest absolute Gasteiger partial charge is 0.239 e. The average molecular weight is 440 g/mol. The summed E-state index contributed by atoms with van der Waals surface area (Å²) in [6, 6.07) is 13.3. The molecule has 3 aromatic rings. The standard InChI is InChI=1S/C18H16BrClN2O2S/c1-2-14(19)17(23)22-18-21-15-8-7-13(9-16(15)25-18)24-10-11-3-5-12(20)6-4-11/h3-9,14H,2,10H2,1H3,(H,21,22,23)/t14-/m0/s1. The van der Waals surface area contributed by atoms with Crippen LogP contribution in [0.1, 0.15) is 18.9 Å². The van der Waals surface area contributed by atoms with E-state index in [4.69, 9.17) is 16.3 Å². The van der Waals surface area contributed by atoms with Gasteiger partial charge < -0.3 is 10.1 Å². The molecule has 0 aliphatic heterocycles. The third-order valence-corrected chi connectivity index (χ3v) is 5.80. The topological polar surface area (TPSA) is 51.2 Å². The van der Waals surface area contributed by atoms with Crippen LogP contribution in [0.25, 0.3) is 10.2 Å². The van der Waals surface area contributed by atoms with Gasteiger partial charge in [0.05, 0.1) is 15.0 Å². The number of anilines is 1. The largest absolute Gasteiger partial charge is 0.489 e. The van der Waals surface area contributed by atoms with E-state index in [1.807, 2.05) is 49.4 Å². The Balaban J connectivity index is 1.69. The number of rotatable bonds is 6. The molecule has 0 saturated heterocycles. The predicted molar refractivity (Wildman–Crippen MR) is 107 cm³/mol. The molecule has 0 aliphatic carbocycles. The van der Waals surface area contributed by atoms with Gasteiger partial charge in [-0.25, -0.2) is 4.98 Å². The summed E-state index contributed by atoms with van der Waals surface area (Å²) in [5.74, 6) is 0.677. The van der Waals surface area contributed by atoms with Crippen molar-refractivity contribution in [2.45, 2.75) is 24.8 Å². The summed E-state index contributed by atoms with van der Waals surface area (Å²) >= 11 is 10.7. The molecule has 1 amide bonds. The molecule has 0 aliphatic rings. The van der Waals surface area contributed by atoms with E-state index in [9.17, 15) is 4.79 Å². The van der Waals surface area contributed by atoms with Gasteiger partial charge in [-0.15, -0.1) is 0 Å². The van der Waals surface area contributed by atoms with Gasteiger partial charge in [0.1, 0.15) is 12.4 Å². The number of halogens is 2. The van der Waals surface area contributed by atoms with Crippen LogP contribution in [-0.2, 0) is 11.4 Å². The minimum absolute atomic E-state index is 0.0826. The Morgan fingerprint density at radius 2 is 2.08 bits per heavy atom. The van der Waals surface area contributed by atoms with E-state index in [-0.39, 0.29) is 10.7 Å². The summed E-state index contributed by atoms with van der Waals surface area (Å²) in [6.07, 6.45) is 0.722. The van der Waals surface area contributed by atoms with E-state index in [1.54, 1.807) is 0 Å². The lowest BCUT2D eigenvalue weighted by Gasteiger charge is -2.06. The molecule has 1 atom stereocenters. The van der Waals surface area contributed by atoms with Crippen molar-refractivity contribution in [1.82, 2.24) is 4.98 Å². The molecule has 3 rings (SSSR count). The number of fused-ring (bicyclic) bond motifs is 1. The zero-order chi connectivity index (χ0) is 17.8. The van der Waals surface area contributed by atoms with Crippen molar-refractivity contribution in [2.75, 3.05) is 5.32 Å². The number of nitrogens with zero attached hydrogens (tertiary/aromatic N) is 1. The molecule has 2 aromatic carbocycles. The third-order valence-electron chi connectivity index (χ3n) is 3.55. The van der Waals surface area contributed by atoms with Crippen LogP contribution in [-0.4, -0.2) is 15.7 Å². The number of nitrogens with one attached hydrogen (secondary N) is 1. The maximum atomic E-state index is 11.9. The molecular formula is C18H16BrClN2O2S. The highest BCUT2D eigenvalue weighted by Crippen LogP contribution is 2.30. The van der Waals surface area contributed by atoms with Crippen molar-refractivity contribution < 1.29 is 9.53 Å². The van der Waals surface area contributed by atoms with Gasteiger partial charge in [-0.2, -0.15) is 0 Å². The zero-order valence-electron chi connectivity index (χ0n) is 13.5. The monoisotopic (exact) mass is 438 g/mol. The lowest BCUT2D eigenvalue weighted by molar-refractivity contribution is -0.115. The fourth-order valence-electron chi connectivity index (χ4n) is 2.16. The van der Waals surface area contributed by atoms with Gasteiger partial charge in [0, 0.05) is 5.02 Å². The number of aromatic nitrogens is 1. The summed E-state index contributed by atoms with van der Waals surface area (Å²) < 4.78 is 6.79. The maximum Gasteiger partial charge on any atom is 0.239 e. The Morgan fingerprint density at radius 3 is 2.80 bits per heavy atom. The van der Waals surface area contributed by atoms with Gasteiger partial charge in [0.25, 0.3) is 0 Å². The molecule has 7 heteroatoms. The van der Waals surface area contributed by atoms with E-state index in [1.165, 1.54) is 11.3 Å². The van der Waals surface area contributed by atoms with E-state index >= 15 is 0 Å². The second kappa shape index (κ2) is 8.17. The Labute approximate surface area is 163 Å². The Morgan fingerprint density at radius 1 is 1.32 bits per heavy atom. The lowest BCUT2D eigenvalue weighted by Crippen LogP contribution is -2.21. The van der Waals surface area contributed by atoms with Crippen LogP contribution in [0, 0.1) is 0 Å². The quantitative estimate of drug-likeness (QED) is 0.506. The predicted octanol–water partition coefficient (Wildman–Crippen LogP) is 5.64. The molecule has 0 saturated carbocycles. The van der Waals surface area contributed by atoms with Gasteiger partial charge >= 0.3 is 0 Å². The second-order valence-corrected chi connectivity index (χ2v) is 8.00. The van der Waals surface area contributed by atoms with Crippen molar-refractivity contribution in [3.8, 4) is 5.75 Å². The van der Waals surface area contributed by atoms with E-state index in [0.29, 0.717) is 16.8 Å². The fourth-order valence-corrected chi connectivity index (χ4v) is 3.30. The first-order valence-corrected chi connectivity index (χ1v) is 9.89. The highest BCUT2D eigenvalue weighted by Gasteiger charge is 2.14. The van der Waals surface area contributed by atoms with Gasteiger partial charge in [-0.3, -0.25) is 4.79 Å². The number of hydrogen-bond donors (Lipinski definition) is 1. The molecule has 25 heavy (non-hydrogen) atoms. The van der Waals surface area contributed by atoms with Gasteiger partial charge in [0.15, 0.2) is 5.13 Å². The molecule has 0 bridgehead atoms. The zero-order valence-corrected chi connectivity index (χ0v) is 16.6. The molecule has 1 heterocycles. The van der Waals surface area contributed by atoms with Crippen LogP contribution in [0.2, 0.25) is 5.02 Å². The molecule has 0 spiro atoms. The summed E-state index contributed by atoms with van der Waals surface area (Å²) in [6.45, 7) is 2.41. The highest BCUT2D eigenvalue weighted by atomic mass is 79.9. The molecule has 0 radical (unpaired) electrons. The normalized spacial score (nSPS) is 12.1. The first-order chi connectivity index (χ1) is 12.0. The van der Waals surface area contributed by atoms with Crippen LogP contribution in [0.4, 0.5) is 5.13 Å². The number of carbonyl (C=O) groups is 1. The number of alkyl halides is 1. The summed E-state index contributed by atoms with van der Waals surface area (Å²) in [4.78, 5) is 16.2. The van der Waals surface area contributed by atoms with Crippen LogP contribution >= 0.6 is 38.9 Å². The summed E-state index contributed by atoms with van der Waals surface area (Å²) in [7, 11) is 0. The molecule has 0 fully saturated rings. The van der Waals surface area contributed by atoms with Gasteiger partial charge in [-0.1, -0.05) is 57.9 Å². The summed E-state index contributed by atoms with van der Waals surface area (Å²) in [5.41, 5.74) is 1.88. The number of ether oxygens (including phenoxy) is 1.